The second-order valence-electron chi connectivity index (χ2n) is 4.30. The van der Waals surface area contributed by atoms with Gasteiger partial charge in [0.1, 0.15) is 17.0 Å². The van der Waals surface area contributed by atoms with E-state index < -0.39 is 0 Å². The van der Waals surface area contributed by atoms with Gasteiger partial charge in [-0.1, -0.05) is 0 Å². The highest BCUT2D eigenvalue weighted by molar-refractivity contribution is 7.16. The standard InChI is InChI=1S/C12H14ClN3S/c13-5-6-16(9-2-1-3-9)11-10-4-7-17-12(10)15-8-14-11/h4,7-9H,1-3,5-6H2. The molecule has 0 saturated heterocycles. The SMILES string of the molecule is ClCCN(c1ncnc2sccc12)C1CCC1. The summed E-state index contributed by atoms with van der Waals surface area (Å²) in [6.45, 7) is 0.869. The molecule has 1 aliphatic rings. The van der Waals surface area contributed by atoms with Gasteiger partial charge in [0.25, 0.3) is 0 Å². The molecule has 1 aliphatic carbocycles. The highest BCUT2D eigenvalue weighted by Crippen LogP contribution is 2.33. The second-order valence-corrected chi connectivity index (χ2v) is 5.58. The highest BCUT2D eigenvalue weighted by atomic mass is 35.5. The van der Waals surface area contributed by atoms with Crippen molar-refractivity contribution in [2.24, 2.45) is 0 Å². The molecule has 17 heavy (non-hydrogen) atoms. The topological polar surface area (TPSA) is 29.0 Å². The van der Waals surface area contributed by atoms with Crippen molar-refractivity contribution in [3.63, 3.8) is 0 Å². The van der Waals surface area contributed by atoms with E-state index in [2.05, 4.69) is 26.3 Å². The lowest BCUT2D eigenvalue weighted by atomic mass is 9.91. The predicted molar refractivity (Wildman–Crippen MR) is 73.1 cm³/mol. The molecule has 0 atom stereocenters. The van der Waals surface area contributed by atoms with E-state index in [0.29, 0.717) is 11.9 Å². The zero-order valence-corrected chi connectivity index (χ0v) is 11.0. The van der Waals surface area contributed by atoms with Gasteiger partial charge in [-0.15, -0.1) is 22.9 Å². The molecule has 90 valence electrons. The fraction of sp³-hybridized carbons (Fsp3) is 0.500. The number of alkyl halides is 1. The predicted octanol–water partition coefficient (Wildman–Crippen LogP) is 3.29. The minimum atomic E-state index is 0.617. The Bertz CT molecular complexity index is 509. The van der Waals surface area contributed by atoms with Crippen LogP contribution in [0.1, 0.15) is 19.3 Å². The first-order chi connectivity index (χ1) is 8.40. The van der Waals surface area contributed by atoms with Gasteiger partial charge in [0, 0.05) is 18.5 Å². The number of anilines is 1. The van der Waals surface area contributed by atoms with Crippen molar-refractivity contribution in [2.75, 3.05) is 17.3 Å². The molecule has 0 amide bonds. The summed E-state index contributed by atoms with van der Waals surface area (Å²) in [5.41, 5.74) is 0. The van der Waals surface area contributed by atoms with Crippen LogP contribution in [-0.2, 0) is 0 Å². The van der Waals surface area contributed by atoms with E-state index in [1.807, 2.05) is 0 Å². The van der Waals surface area contributed by atoms with Crippen LogP contribution < -0.4 is 4.90 Å². The van der Waals surface area contributed by atoms with Crippen molar-refractivity contribution in [1.29, 1.82) is 0 Å². The number of nitrogens with zero attached hydrogens (tertiary/aromatic N) is 3. The fourth-order valence-electron chi connectivity index (χ4n) is 2.26. The maximum absolute atomic E-state index is 5.91. The van der Waals surface area contributed by atoms with Gasteiger partial charge >= 0.3 is 0 Å². The Kier molecular flexibility index (Phi) is 3.16. The van der Waals surface area contributed by atoms with Gasteiger partial charge in [-0.2, -0.15) is 0 Å². The van der Waals surface area contributed by atoms with Gasteiger partial charge in [-0.25, -0.2) is 9.97 Å². The molecular formula is C12H14ClN3S. The van der Waals surface area contributed by atoms with Crippen LogP contribution in [0.3, 0.4) is 0 Å². The fourth-order valence-corrected chi connectivity index (χ4v) is 3.17. The third-order valence-corrected chi connectivity index (χ3v) is 4.34. The number of thiophene rings is 1. The molecule has 0 radical (unpaired) electrons. The van der Waals surface area contributed by atoms with Crippen LogP contribution >= 0.6 is 22.9 Å². The van der Waals surface area contributed by atoms with Gasteiger partial charge < -0.3 is 4.90 Å². The summed E-state index contributed by atoms with van der Waals surface area (Å²) in [4.78, 5) is 12.2. The molecule has 0 aromatic carbocycles. The van der Waals surface area contributed by atoms with E-state index in [-0.39, 0.29) is 0 Å². The number of halogens is 1. The lowest BCUT2D eigenvalue weighted by molar-refractivity contribution is 0.389. The lowest BCUT2D eigenvalue weighted by Gasteiger charge is -2.38. The Hall–Kier alpha value is -0.870. The Balaban J connectivity index is 2.01. The molecule has 2 heterocycles. The highest BCUT2D eigenvalue weighted by Gasteiger charge is 2.26. The molecule has 2 aromatic rings. The maximum Gasteiger partial charge on any atom is 0.141 e. The largest absolute Gasteiger partial charge is 0.352 e. The van der Waals surface area contributed by atoms with Gasteiger partial charge in [0.15, 0.2) is 0 Å². The molecular weight excluding hydrogens is 254 g/mol. The average Bonchev–Trinajstić information content (AvgIpc) is 2.73. The Labute approximate surface area is 109 Å². The number of fused-ring (bicyclic) bond motifs is 1. The number of aromatic nitrogens is 2. The molecule has 0 spiro atoms. The van der Waals surface area contributed by atoms with Crippen molar-refractivity contribution in [2.45, 2.75) is 25.3 Å². The number of hydrogen-bond donors (Lipinski definition) is 0. The van der Waals surface area contributed by atoms with Crippen LogP contribution in [0.5, 0.6) is 0 Å². The molecule has 5 heteroatoms. The van der Waals surface area contributed by atoms with Gasteiger partial charge in [0.2, 0.25) is 0 Å². The lowest BCUT2D eigenvalue weighted by Crippen LogP contribution is -2.42. The molecule has 0 unspecified atom stereocenters. The van der Waals surface area contributed by atoms with Crippen LogP contribution in [-0.4, -0.2) is 28.4 Å². The summed E-state index contributed by atoms with van der Waals surface area (Å²) < 4.78 is 0. The second kappa shape index (κ2) is 4.78. The summed E-state index contributed by atoms with van der Waals surface area (Å²) in [5.74, 6) is 1.70. The smallest absolute Gasteiger partial charge is 0.141 e. The van der Waals surface area contributed by atoms with Gasteiger partial charge in [0.05, 0.1) is 5.39 Å². The summed E-state index contributed by atoms with van der Waals surface area (Å²) in [7, 11) is 0. The summed E-state index contributed by atoms with van der Waals surface area (Å²) in [6, 6.07) is 2.72. The van der Waals surface area contributed by atoms with Gasteiger partial charge in [-0.3, -0.25) is 0 Å². The molecule has 3 nitrogen and oxygen atoms in total. The summed E-state index contributed by atoms with van der Waals surface area (Å²) >= 11 is 7.58. The Morgan fingerprint density at radius 2 is 2.29 bits per heavy atom. The van der Waals surface area contributed by atoms with Crippen molar-refractivity contribution >= 4 is 39.0 Å². The van der Waals surface area contributed by atoms with E-state index in [1.165, 1.54) is 19.3 Å². The minimum Gasteiger partial charge on any atom is -0.352 e. The third kappa shape index (κ3) is 2.00. The summed E-state index contributed by atoms with van der Waals surface area (Å²) in [6.07, 6.45) is 5.49. The first-order valence-corrected chi connectivity index (χ1v) is 7.32. The number of rotatable bonds is 4. The van der Waals surface area contributed by atoms with Crippen LogP contribution in [0.2, 0.25) is 0 Å². The average molecular weight is 268 g/mol. The summed E-state index contributed by atoms with van der Waals surface area (Å²) in [5, 5.41) is 3.23. The monoisotopic (exact) mass is 267 g/mol. The van der Waals surface area contributed by atoms with Crippen molar-refractivity contribution < 1.29 is 0 Å². The third-order valence-electron chi connectivity index (χ3n) is 3.35. The quantitative estimate of drug-likeness (QED) is 0.796. The van der Waals surface area contributed by atoms with Crippen LogP contribution in [0.15, 0.2) is 17.8 Å². The van der Waals surface area contributed by atoms with E-state index in [4.69, 9.17) is 11.6 Å². The normalized spacial score (nSPS) is 16.1. The first kappa shape index (κ1) is 11.2. The Morgan fingerprint density at radius 3 is 3.00 bits per heavy atom. The molecule has 0 N–H and O–H groups in total. The molecule has 1 fully saturated rings. The molecule has 0 bridgehead atoms. The molecule has 3 rings (SSSR count). The maximum atomic E-state index is 5.91. The molecule has 2 aromatic heterocycles. The van der Waals surface area contributed by atoms with Crippen LogP contribution in [0, 0.1) is 0 Å². The van der Waals surface area contributed by atoms with Crippen molar-refractivity contribution in [3.05, 3.63) is 17.8 Å². The zero-order chi connectivity index (χ0) is 11.7. The molecule has 0 aliphatic heterocycles. The van der Waals surface area contributed by atoms with Crippen molar-refractivity contribution in [3.8, 4) is 0 Å². The van der Waals surface area contributed by atoms with Crippen molar-refractivity contribution in [1.82, 2.24) is 9.97 Å². The first-order valence-electron chi connectivity index (χ1n) is 5.91. The van der Waals surface area contributed by atoms with E-state index in [0.717, 1.165) is 22.6 Å². The minimum absolute atomic E-state index is 0.617. The van der Waals surface area contributed by atoms with E-state index in [9.17, 15) is 0 Å². The number of hydrogen-bond acceptors (Lipinski definition) is 4. The van der Waals surface area contributed by atoms with E-state index >= 15 is 0 Å². The van der Waals surface area contributed by atoms with Gasteiger partial charge in [-0.05, 0) is 30.7 Å². The zero-order valence-electron chi connectivity index (χ0n) is 9.47. The molecule has 1 saturated carbocycles. The van der Waals surface area contributed by atoms with Crippen LogP contribution in [0.25, 0.3) is 10.2 Å². The van der Waals surface area contributed by atoms with E-state index in [1.54, 1.807) is 17.7 Å². The van der Waals surface area contributed by atoms with Crippen LogP contribution in [0.4, 0.5) is 5.82 Å². The Morgan fingerprint density at radius 1 is 1.41 bits per heavy atom.